The molecule has 26 heavy (non-hydrogen) atoms. The topological polar surface area (TPSA) is 116 Å². The second-order valence-electron chi connectivity index (χ2n) is 5.14. The van der Waals surface area contributed by atoms with Crippen LogP contribution in [0.1, 0.15) is 0 Å². The number of nitrogens with zero attached hydrogens (tertiary/aromatic N) is 2. The molecule has 3 aromatic rings. The maximum absolute atomic E-state index is 11.7. The predicted molar refractivity (Wildman–Crippen MR) is 99.5 cm³/mol. The number of methoxy groups -OCH3 is 2. The van der Waals surface area contributed by atoms with Crippen LogP contribution in [-0.2, 0) is 10.0 Å². The number of nitrogens with one attached hydrogen (secondary N) is 1. The Morgan fingerprint density at radius 2 is 1.73 bits per heavy atom. The summed E-state index contributed by atoms with van der Waals surface area (Å²) in [5.74, 6) is 0.808. The Hall–Kier alpha value is -2.69. The molecule has 0 aliphatic carbocycles. The second kappa shape index (κ2) is 7.28. The maximum Gasteiger partial charge on any atom is 0.240 e. The van der Waals surface area contributed by atoms with Gasteiger partial charge in [-0.15, -0.1) is 11.3 Å². The van der Waals surface area contributed by atoms with Crippen molar-refractivity contribution in [3.63, 3.8) is 0 Å². The van der Waals surface area contributed by atoms with Crippen LogP contribution in [0.25, 0.3) is 11.3 Å². The summed E-state index contributed by atoms with van der Waals surface area (Å²) in [6, 6.07) is 9.85. The van der Waals surface area contributed by atoms with Crippen molar-refractivity contribution >= 4 is 32.2 Å². The number of hydrogen-bond acceptors (Lipinski definition) is 8. The molecule has 0 radical (unpaired) electrons. The van der Waals surface area contributed by atoms with Crippen molar-refractivity contribution in [2.75, 3.05) is 19.5 Å². The average Bonchev–Trinajstić information content (AvgIpc) is 3.09. The van der Waals surface area contributed by atoms with Crippen LogP contribution in [0.2, 0.25) is 0 Å². The second-order valence-corrected chi connectivity index (χ2v) is 7.53. The molecule has 10 heteroatoms. The lowest BCUT2D eigenvalue weighted by molar-refractivity contribution is 0.365. The van der Waals surface area contributed by atoms with Gasteiger partial charge in [-0.1, -0.05) is 12.1 Å². The highest BCUT2D eigenvalue weighted by atomic mass is 32.2. The van der Waals surface area contributed by atoms with Crippen LogP contribution < -0.4 is 19.9 Å². The molecule has 0 aliphatic rings. The third kappa shape index (κ3) is 3.93. The van der Waals surface area contributed by atoms with Crippen molar-refractivity contribution in [3.8, 4) is 23.0 Å². The number of primary sulfonamides is 1. The van der Waals surface area contributed by atoms with Crippen LogP contribution in [-0.4, -0.2) is 32.6 Å². The molecule has 0 amide bonds. The zero-order chi connectivity index (χ0) is 18.7. The first-order valence-corrected chi connectivity index (χ1v) is 9.78. The third-order valence-corrected chi connectivity index (χ3v) is 5.16. The molecule has 0 saturated heterocycles. The standard InChI is InChI=1S/C16H16N4O4S2/c1-23-14-7-10(8-15(20-14)24-2)12-9-25-16(19-12)18-11-5-3-4-6-13(11)26(17,21)22/h3-9H,1-2H3,(H,18,19)(H2,17,21,22). The van der Waals surface area contributed by atoms with Gasteiger partial charge >= 0.3 is 0 Å². The summed E-state index contributed by atoms with van der Waals surface area (Å²) in [4.78, 5) is 8.63. The van der Waals surface area contributed by atoms with Crippen LogP contribution >= 0.6 is 11.3 Å². The minimum Gasteiger partial charge on any atom is -0.481 e. The first-order valence-electron chi connectivity index (χ1n) is 7.35. The van der Waals surface area contributed by atoms with E-state index in [1.165, 1.54) is 31.6 Å². The molecular formula is C16H16N4O4S2. The van der Waals surface area contributed by atoms with Gasteiger partial charge in [-0.3, -0.25) is 0 Å². The van der Waals surface area contributed by atoms with Gasteiger partial charge in [0.2, 0.25) is 21.8 Å². The fraction of sp³-hybridized carbons (Fsp3) is 0.125. The number of rotatable bonds is 6. The smallest absolute Gasteiger partial charge is 0.240 e. The van der Waals surface area contributed by atoms with E-state index in [0.29, 0.717) is 28.3 Å². The number of nitrogens with two attached hydrogens (primary N) is 1. The molecule has 3 N–H and O–H groups in total. The summed E-state index contributed by atoms with van der Waals surface area (Å²) in [5.41, 5.74) is 1.79. The van der Waals surface area contributed by atoms with Gasteiger partial charge in [-0.05, 0) is 12.1 Å². The van der Waals surface area contributed by atoms with Crippen LogP contribution in [0.4, 0.5) is 10.8 Å². The third-order valence-electron chi connectivity index (χ3n) is 3.43. The maximum atomic E-state index is 11.7. The zero-order valence-electron chi connectivity index (χ0n) is 14.0. The van der Waals surface area contributed by atoms with Gasteiger partial charge in [0.15, 0.2) is 5.13 Å². The van der Waals surface area contributed by atoms with Crippen LogP contribution in [0.3, 0.4) is 0 Å². The largest absolute Gasteiger partial charge is 0.481 e. The number of hydrogen-bond donors (Lipinski definition) is 2. The Labute approximate surface area is 154 Å². The number of ether oxygens (including phenoxy) is 2. The molecule has 0 bridgehead atoms. The van der Waals surface area contributed by atoms with E-state index < -0.39 is 10.0 Å². The molecule has 3 rings (SSSR count). The van der Waals surface area contributed by atoms with E-state index in [4.69, 9.17) is 14.6 Å². The number of benzene rings is 1. The Morgan fingerprint density at radius 1 is 1.08 bits per heavy atom. The molecule has 1 aromatic carbocycles. The van der Waals surface area contributed by atoms with E-state index in [1.54, 1.807) is 30.3 Å². The van der Waals surface area contributed by atoms with Crippen molar-refractivity contribution in [2.45, 2.75) is 4.90 Å². The molecule has 2 heterocycles. The molecule has 0 fully saturated rings. The van der Waals surface area contributed by atoms with Crippen molar-refractivity contribution in [2.24, 2.45) is 5.14 Å². The Bertz CT molecular complexity index is 1010. The number of sulfonamides is 1. The number of aromatic nitrogens is 2. The highest BCUT2D eigenvalue weighted by Crippen LogP contribution is 2.32. The summed E-state index contributed by atoms with van der Waals surface area (Å²) >= 11 is 1.33. The molecule has 0 aliphatic heterocycles. The SMILES string of the molecule is COc1cc(-c2csc(Nc3ccccc3S(N)(=O)=O)n2)cc(OC)n1. The van der Waals surface area contributed by atoms with Crippen LogP contribution in [0.5, 0.6) is 11.8 Å². The van der Waals surface area contributed by atoms with Crippen molar-refractivity contribution in [1.29, 1.82) is 0 Å². The molecule has 2 aromatic heterocycles. The molecular weight excluding hydrogens is 376 g/mol. The molecule has 136 valence electrons. The fourth-order valence-electron chi connectivity index (χ4n) is 2.23. The van der Waals surface area contributed by atoms with Crippen LogP contribution in [0.15, 0.2) is 46.7 Å². The Balaban J connectivity index is 1.93. The van der Waals surface area contributed by atoms with Gasteiger partial charge in [0.1, 0.15) is 4.90 Å². The Kier molecular flexibility index (Phi) is 5.07. The van der Waals surface area contributed by atoms with E-state index in [1.807, 2.05) is 5.38 Å². The summed E-state index contributed by atoms with van der Waals surface area (Å²) in [6.07, 6.45) is 0. The summed E-state index contributed by atoms with van der Waals surface area (Å²) < 4.78 is 33.7. The summed E-state index contributed by atoms with van der Waals surface area (Å²) in [5, 5.41) is 10.6. The minimum absolute atomic E-state index is 0.00370. The van der Waals surface area contributed by atoms with Gasteiger partial charge < -0.3 is 14.8 Å². The minimum atomic E-state index is -3.84. The monoisotopic (exact) mass is 392 g/mol. The zero-order valence-corrected chi connectivity index (χ0v) is 15.6. The normalized spacial score (nSPS) is 11.2. The number of anilines is 2. The van der Waals surface area contributed by atoms with E-state index in [9.17, 15) is 8.42 Å². The van der Waals surface area contributed by atoms with Gasteiger partial charge in [0.25, 0.3) is 0 Å². The average molecular weight is 392 g/mol. The van der Waals surface area contributed by atoms with Crippen molar-refractivity contribution in [3.05, 3.63) is 41.8 Å². The Morgan fingerprint density at radius 3 is 2.35 bits per heavy atom. The molecule has 0 atom stereocenters. The summed E-state index contributed by atoms with van der Waals surface area (Å²) in [7, 11) is -0.809. The predicted octanol–water partition coefficient (Wildman–Crippen LogP) is 2.61. The number of pyridine rings is 1. The first kappa shape index (κ1) is 18.1. The van der Waals surface area contributed by atoms with Crippen molar-refractivity contribution in [1.82, 2.24) is 9.97 Å². The van der Waals surface area contributed by atoms with Gasteiger partial charge in [0, 0.05) is 23.1 Å². The molecule has 0 unspecified atom stereocenters. The summed E-state index contributed by atoms with van der Waals surface area (Å²) in [6.45, 7) is 0. The molecule has 8 nitrogen and oxygen atoms in total. The lowest BCUT2D eigenvalue weighted by Gasteiger charge is -2.08. The van der Waals surface area contributed by atoms with Gasteiger partial charge in [-0.25, -0.2) is 18.5 Å². The highest BCUT2D eigenvalue weighted by molar-refractivity contribution is 7.89. The van der Waals surface area contributed by atoms with E-state index in [2.05, 4.69) is 15.3 Å². The molecule has 0 saturated carbocycles. The lowest BCUT2D eigenvalue weighted by Crippen LogP contribution is -2.13. The van der Waals surface area contributed by atoms with E-state index in [-0.39, 0.29) is 4.90 Å². The number of para-hydroxylation sites is 1. The lowest BCUT2D eigenvalue weighted by atomic mass is 10.2. The first-order chi connectivity index (χ1) is 12.4. The fourth-order valence-corrected chi connectivity index (χ4v) is 3.66. The quantitative estimate of drug-likeness (QED) is 0.662. The van der Waals surface area contributed by atoms with Gasteiger partial charge in [0.05, 0.1) is 25.6 Å². The van der Waals surface area contributed by atoms with Crippen molar-refractivity contribution < 1.29 is 17.9 Å². The van der Waals surface area contributed by atoms with Gasteiger partial charge in [-0.2, -0.15) is 4.98 Å². The van der Waals surface area contributed by atoms with Crippen LogP contribution in [0, 0.1) is 0 Å². The highest BCUT2D eigenvalue weighted by Gasteiger charge is 2.15. The molecule has 0 spiro atoms. The number of thiazole rings is 1. The van der Waals surface area contributed by atoms with E-state index >= 15 is 0 Å². The van der Waals surface area contributed by atoms with E-state index in [0.717, 1.165) is 5.56 Å².